The molecule has 1 heterocycles. The van der Waals surface area contributed by atoms with Crippen molar-refractivity contribution in [1.82, 2.24) is 4.98 Å². The third-order valence-corrected chi connectivity index (χ3v) is 3.57. The van der Waals surface area contributed by atoms with Gasteiger partial charge in [-0.2, -0.15) is 0 Å². The fraction of sp³-hybridized carbons (Fsp3) is 0.0625. The van der Waals surface area contributed by atoms with E-state index in [1.165, 1.54) is 6.07 Å². The maximum absolute atomic E-state index is 13.1. The van der Waals surface area contributed by atoms with E-state index in [9.17, 15) is 4.39 Å². The quantitative estimate of drug-likeness (QED) is 0.693. The van der Waals surface area contributed by atoms with Crippen molar-refractivity contribution in [2.24, 2.45) is 0 Å². The van der Waals surface area contributed by atoms with Gasteiger partial charge in [0.25, 0.3) is 0 Å². The summed E-state index contributed by atoms with van der Waals surface area (Å²) in [6.45, 7) is 0.386. The molecule has 0 fully saturated rings. The van der Waals surface area contributed by atoms with E-state index in [1.54, 1.807) is 18.3 Å². The molecule has 0 bridgehead atoms. The topological polar surface area (TPSA) is 22.1 Å². The smallest absolute Gasteiger partial charge is 0.137 e. The fourth-order valence-electron chi connectivity index (χ4n) is 1.93. The van der Waals surface area contributed by atoms with Gasteiger partial charge in [-0.25, -0.2) is 4.39 Å². The first-order valence-corrected chi connectivity index (χ1v) is 6.93. The predicted octanol–water partition coefficient (Wildman–Crippen LogP) is 4.72. The average molecular weight is 332 g/mol. The Morgan fingerprint density at radius 3 is 2.85 bits per heavy atom. The van der Waals surface area contributed by atoms with Gasteiger partial charge in [-0.1, -0.05) is 12.1 Å². The molecule has 0 atom stereocenters. The molecule has 0 aliphatic heterocycles. The van der Waals surface area contributed by atoms with Crippen LogP contribution in [0.5, 0.6) is 5.75 Å². The number of fused-ring (bicyclic) bond motifs is 1. The largest absolute Gasteiger partial charge is 0.489 e. The summed E-state index contributed by atoms with van der Waals surface area (Å²) in [5.41, 5.74) is 1.80. The standard InChI is InChI=1S/C16H11BrFNO/c17-14-8-11(3-6-15(14)18)10-20-13-5-4-12-2-1-7-19-16(12)9-13/h1-9H,10H2. The summed E-state index contributed by atoms with van der Waals surface area (Å²) in [7, 11) is 0. The van der Waals surface area contributed by atoms with Gasteiger partial charge in [-0.15, -0.1) is 0 Å². The number of benzene rings is 2. The van der Waals surface area contributed by atoms with Crippen LogP contribution in [0.4, 0.5) is 4.39 Å². The SMILES string of the molecule is Fc1ccc(COc2ccc3cccnc3c2)cc1Br. The van der Waals surface area contributed by atoms with Crippen LogP contribution in [0.2, 0.25) is 0 Å². The van der Waals surface area contributed by atoms with E-state index < -0.39 is 0 Å². The molecule has 3 aromatic rings. The molecule has 1 aromatic heterocycles. The van der Waals surface area contributed by atoms with Gasteiger partial charge in [0.1, 0.15) is 18.2 Å². The second-order valence-electron chi connectivity index (χ2n) is 4.40. The zero-order valence-corrected chi connectivity index (χ0v) is 12.1. The van der Waals surface area contributed by atoms with E-state index in [4.69, 9.17) is 4.74 Å². The molecular formula is C16H11BrFNO. The second kappa shape index (κ2) is 5.59. The molecular weight excluding hydrogens is 321 g/mol. The molecule has 0 aliphatic rings. The molecule has 20 heavy (non-hydrogen) atoms. The summed E-state index contributed by atoms with van der Waals surface area (Å²) in [5, 5.41) is 1.07. The van der Waals surface area contributed by atoms with Crippen molar-refractivity contribution in [3.05, 3.63) is 70.6 Å². The maximum atomic E-state index is 13.1. The number of ether oxygens (including phenoxy) is 1. The number of aromatic nitrogens is 1. The lowest BCUT2D eigenvalue weighted by atomic mass is 10.2. The van der Waals surface area contributed by atoms with Crippen LogP contribution in [0.15, 0.2) is 59.2 Å². The molecule has 0 radical (unpaired) electrons. The van der Waals surface area contributed by atoms with Crippen molar-refractivity contribution < 1.29 is 9.13 Å². The van der Waals surface area contributed by atoms with Crippen LogP contribution in [0, 0.1) is 5.82 Å². The number of pyridine rings is 1. The molecule has 100 valence electrons. The summed E-state index contributed by atoms with van der Waals surface area (Å²) in [6, 6.07) is 14.5. The van der Waals surface area contributed by atoms with Crippen molar-refractivity contribution in [3.63, 3.8) is 0 Å². The first-order valence-electron chi connectivity index (χ1n) is 6.14. The van der Waals surface area contributed by atoms with Gasteiger partial charge >= 0.3 is 0 Å². The minimum atomic E-state index is -0.274. The van der Waals surface area contributed by atoms with Crippen LogP contribution in [0.1, 0.15) is 5.56 Å². The molecule has 0 N–H and O–H groups in total. The lowest BCUT2D eigenvalue weighted by molar-refractivity contribution is 0.306. The van der Waals surface area contributed by atoms with Gasteiger partial charge in [0, 0.05) is 17.6 Å². The summed E-state index contributed by atoms with van der Waals surface area (Å²) < 4.78 is 19.3. The highest BCUT2D eigenvalue weighted by atomic mass is 79.9. The van der Waals surface area contributed by atoms with Crippen LogP contribution in [-0.4, -0.2) is 4.98 Å². The number of halogens is 2. The first-order chi connectivity index (χ1) is 9.72. The number of hydrogen-bond donors (Lipinski definition) is 0. The first kappa shape index (κ1) is 13.1. The van der Waals surface area contributed by atoms with Crippen molar-refractivity contribution in [2.45, 2.75) is 6.61 Å². The van der Waals surface area contributed by atoms with Crippen LogP contribution >= 0.6 is 15.9 Å². The van der Waals surface area contributed by atoms with E-state index >= 15 is 0 Å². The van der Waals surface area contributed by atoms with Crippen LogP contribution in [0.3, 0.4) is 0 Å². The summed E-state index contributed by atoms with van der Waals surface area (Å²) in [4.78, 5) is 4.29. The third kappa shape index (κ3) is 2.80. The van der Waals surface area contributed by atoms with Gasteiger partial charge in [0.15, 0.2) is 0 Å². The van der Waals surface area contributed by atoms with E-state index in [0.717, 1.165) is 22.2 Å². The number of nitrogens with zero attached hydrogens (tertiary/aromatic N) is 1. The second-order valence-corrected chi connectivity index (χ2v) is 5.25. The monoisotopic (exact) mass is 331 g/mol. The Morgan fingerprint density at radius 2 is 2.00 bits per heavy atom. The van der Waals surface area contributed by atoms with E-state index in [0.29, 0.717) is 11.1 Å². The highest BCUT2D eigenvalue weighted by Crippen LogP contribution is 2.21. The lowest BCUT2D eigenvalue weighted by Crippen LogP contribution is -1.96. The highest BCUT2D eigenvalue weighted by molar-refractivity contribution is 9.10. The molecule has 2 aromatic carbocycles. The van der Waals surface area contributed by atoms with Crippen molar-refractivity contribution in [3.8, 4) is 5.75 Å². The molecule has 0 unspecified atom stereocenters. The zero-order chi connectivity index (χ0) is 13.9. The average Bonchev–Trinajstić information content (AvgIpc) is 2.48. The summed E-state index contributed by atoms with van der Waals surface area (Å²) >= 11 is 3.16. The summed E-state index contributed by atoms with van der Waals surface area (Å²) in [6.07, 6.45) is 1.75. The van der Waals surface area contributed by atoms with Gasteiger partial charge in [0.2, 0.25) is 0 Å². The number of rotatable bonds is 3. The molecule has 4 heteroatoms. The Balaban J connectivity index is 1.77. The van der Waals surface area contributed by atoms with Crippen LogP contribution in [0.25, 0.3) is 10.9 Å². The molecule has 0 saturated heterocycles. The Hall–Kier alpha value is -1.94. The van der Waals surface area contributed by atoms with E-state index in [1.807, 2.05) is 30.3 Å². The van der Waals surface area contributed by atoms with Gasteiger partial charge in [-0.3, -0.25) is 4.98 Å². The number of hydrogen-bond acceptors (Lipinski definition) is 2. The van der Waals surface area contributed by atoms with Crippen molar-refractivity contribution >= 4 is 26.8 Å². The van der Waals surface area contributed by atoms with Crippen molar-refractivity contribution in [2.75, 3.05) is 0 Å². The van der Waals surface area contributed by atoms with Gasteiger partial charge < -0.3 is 4.74 Å². The zero-order valence-electron chi connectivity index (χ0n) is 10.5. The lowest BCUT2D eigenvalue weighted by Gasteiger charge is -2.07. The van der Waals surface area contributed by atoms with Gasteiger partial charge in [-0.05, 0) is 51.8 Å². The Bertz CT molecular complexity index is 760. The van der Waals surface area contributed by atoms with Gasteiger partial charge in [0.05, 0.1) is 9.99 Å². The Labute approximate surface area is 124 Å². The maximum Gasteiger partial charge on any atom is 0.137 e. The summed E-state index contributed by atoms with van der Waals surface area (Å²) in [5.74, 6) is 0.473. The Morgan fingerprint density at radius 1 is 1.10 bits per heavy atom. The molecule has 0 spiro atoms. The van der Waals surface area contributed by atoms with E-state index in [2.05, 4.69) is 20.9 Å². The van der Waals surface area contributed by atoms with Crippen molar-refractivity contribution in [1.29, 1.82) is 0 Å². The van der Waals surface area contributed by atoms with Crippen LogP contribution < -0.4 is 4.74 Å². The Kier molecular flexibility index (Phi) is 3.65. The normalized spacial score (nSPS) is 10.7. The fourth-order valence-corrected chi connectivity index (χ4v) is 2.36. The molecule has 0 saturated carbocycles. The minimum Gasteiger partial charge on any atom is -0.489 e. The minimum absolute atomic E-state index is 0.274. The molecule has 0 amide bonds. The van der Waals surface area contributed by atoms with Crippen LogP contribution in [-0.2, 0) is 6.61 Å². The third-order valence-electron chi connectivity index (χ3n) is 2.97. The molecule has 3 rings (SSSR count). The molecule has 2 nitrogen and oxygen atoms in total. The highest BCUT2D eigenvalue weighted by Gasteiger charge is 2.02. The predicted molar refractivity (Wildman–Crippen MR) is 80.2 cm³/mol. The van der Waals surface area contributed by atoms with E-state index in [-0.39, 0.29) is 5.82 Å². The molecule has 0 aliphatic carbocycles.